The summed E-state index contributed by atoms with van der Waals surface area (Å²) < 4.78 is 10.6. The molecule has 0 fully saturated rings. The van der Waals surface area contributed by atoms with Crippen molar-refractivity contribution in [2.45, 2.75) is 26.3 Å². The summed E-state index contributed by atoms with van der Waals surface area (Å²) in [4.78, 5) is 24.0. The average Bonchev–Trinajstić information content (AvgIpc) is 2.87. The predicted molar refractivity (Wildman–Crippen MR) is 89.0 cm³/mol. The first-order chi connectivity index (χ1) is 11.5. The molecule has 1 unspecified atom stereocenters. The minimum atomic E-state index is -1.10. The Labute approximate surface area is 140 Å². The maximum Gasteiger partial charge on any atom is 0.326 e. The number of hydrogen-bond acceptors (Lipinski definition) is 4. The van der Waals surface area contributed by atoms with Gasteiger partial charge in [0.15, 0.2) is 0 Å². The summed E-state index contributed by atoms with van der Waals surface area (Å²) in [7, 11) is 1.48. The number of carboxylic acids is 1. The smallest absolute Gasteiger partial charge is 0.326 e. The lowest BCUT2D eigenvalue weighted by atomic mass is 10.0. The first-order valence-electron chi connectivity index (χ1n) is 7.63. The molecule has 0 saturated heterocycles. The van der Waals surface area contributed by atoms with Gasteiger partial charge in [-0.05, 0) is 13.8 Å². The lowest BCUT2D eigenvalue weighted by Gasteiger charge is -2.14. The van der Waals surface area contributed by atoms with Gasteiger partial charge >= 0.3 is 5.97 Å². The lowest BCUT2D eigenvalue weighted by molar-refractivity contribution is -0.139. The molecule has 0 aliphatic carbocycles. The average molecular weight is 331 g/mol. The largest absolute Gasteiger partial charge is 0.480 e. The third kappa shape index (κ3) is 3.83. The van der Waals surface area contributed by atoms with Gasteiger partial charge in [0.05, 0.1) is 5.56 Å². The van der Waals surface area contributed by atoms with Gasteiger partial charge in [0.1, 0.15) is 17.6 Å². The number of methoxy groups -OCH3 is 1. The van der Waals surface area contributed by atoms with E-state index in [1.165, 1.54) is 7.11 Å². The molecule has 2 rings (SSSR count). The first-order valence-corrected chi connectivity index (χ1v) is 7.63. The molecule has 0 bridgehead atoms. The van der Waals surface area contributed by atoms with Crippen LogP contribution in [0.4, 0.5) is 0 Å². The van der Waals surface area contributed by atoms with Gasteiger partial charge in [0, 0.05) is 31.3 Å². The van der Waals surface area contributed by atoms with Crippen LogP contribution in [-0.4, -0.2) is 36.7 Å². The summed E-state index contributed by atoms with van der Waals surface area (Å²) in [5.41, 5.74) is 1.83. The zero-order valence-electron chi connectivity index (χ0n) is 14.0. The number of nitrogens with one attached hydrogen (secondary N) is 1. The number of carboxylic acid groups (broad SMARTS) is 1. The Morgan fingerprint density at radius 2 is 1.92 bits per heavy atom. The van der Waals surface area contributed by atoms with Crippen molar-refractivity contribution in [3.05, 3.63) is 47.2 Å². The van der Waals surface area contributed by atoms with E-state index >= 15 is 0 Å². The predicted octanol–water partition coefficient (Wildman–Crippen LogP) is 2.78. The number of hydrogen-bond donors (Lipinski definition) is 2. The minimum absolute atomic E-state index is 0.189. The molecule has 2 aromatic rings. The van der Waals surface area contributed by atoms with Gasteiger partial charge in [-0.15, -0.1) is 0 Å². The lowest BCUT2D eigenvalue weighted by Crippen LogP contribution is -2.41. The second-order valence-electron chi connectivity index (χ2n) is 5.50. The quantitative estimate of drug-likeness (QED) is 0.814. The third-order valence-corrected chi connectivity index (χ3v) is 3.86. The highest BCUT2D eigenvalue weighted by molar-refractivity contribution is 6.02. The molecule has 6 heteroatoms. The van der Waals surface area contributed by atoms with E-state index in [0.717, 1.165) is 5.56 Å². The molecule has 1 aromatic carbocycles. The summed E-state index contributed by atoms with van der Waals surface area (Å²) >= 11 is 0. The van der Waals surface area contributed by atoms with Gasteiger partial charge in [-0.25, -0.2) is 4.79 Å². The molecule has 1 aromatic heterocycles. The molecule has 1 amide bonds. The van der Waals surface area contributed by atoms with Crippen LogP contribution in [-0.2, 0) is 9.53 Å². The Bertz CT molecular complexity index is 721. The summed E-state index contributed by atoms with van der Waals surface area (Å²) in [5.74, 6) is -0.493. The number of carbonyl (C=O) groups excluding carboxylic acids is 1. The zero-order valence-corrected chi connectivity index (χ0v) is 14.0. The molecule has 0 aliphatic heterocycles. The van der Waals surface area contributed by atoms with E-state index < -0.39 is 17.9 Å². The number of furan rings is 1. The van der Waals surface area contributed by atoms with Crippen LogP contribution in [0, 0.1) is 13.8 Å². The second-order valence-corrected chi connectivity index (χ2v) is 5.50. The maximum atomic E-state index is 12.7. The Kier molecular flexibility index (Phi) is 5.76. The molecule has 0 spiro atoms. The van der Waals surface area contributed by atoms with Crippen molar-refractivity contribution in [3.63, 3.8) is 0 Å². The van der Waals surface area contributed by atoms with Crippen LogP contribution in [0.25, 0.3) is 11.3 Å². The molecule has 1 atom stereocenters. The van der Waals surface area contributed by atoms with Crippen LogP contribution in [0.5, 0.6) is 0 Å². The molecule has 0 radical (unpaired) electrons. The summed E-state index contributed by atoms with van der Waals surface area (Å²) in [5, 5.41) is 11.8. The van der Waals surface area contributed by atoms with Crippen LogP contribution in [0.3, 0.4) is 0 Å². The fourth-order valence-corrected chi connectivity index (χ4v) is 2.42. The monoisotopic (exact) mass is 331 g/mol. The highest BCUT2D eigenvalue weighted by atomic mass is 16.5. The Hall–Kier alpha value is -2.60. The van der Waals surface area contributed by atoms with Crippen molar-refractivity contribution in [3.8, 4) is 11.3 Å². The van der Waals surface area contributed by atoms with Gasteiger partial charge in [-0.1, -0.05) is 30.3 Å². The van der Waals surface area contributed by atoms with Crippen LogP contribution in [0.1, 0.15) is 28.1 Å². The van der Waals surface area contributed by atoms with E-state index in [-0.39, 0.29) is 13.0 Å². The summed E-state index contributed by atoms with van der Waals surface area (Å²) in [6.45, 7) is 3.80. The van der Waals surface area contributed by atoms with Crippen molar-refractivity contribution in [1.82, 2.24) is 5.32 Å². The summed E-state index contributed by atoms with van der Waals surface area (Å²) in [6.07, 6.45) is 0.189. The van der Waals surface area contributed by atoms with E-state index in [9.17, 15) is 14.7 Å². The fraction of sp³-hybridized carbons (Fsp3) is 0.333. The van der Waals surface area contributed by atoms with Gasteiger partial charge in [0.2, 0.25) is 0 Å². The number of amides is 1. The topological polar surface area (TPSA) is 88.8 Å². The zero-order chi connectivity index (χ0) is 17.7. The first kappa shape index (κ1) is 17.7. The van der Waals surface area contributed by atoms with E-state index in [1.807, 2.05) is 30.3 Å². The molecule has 24 heavy (non-hydrogen) atoms. The highest BCUT2D eigenvalue weighted by Gasteiger charge is 2.26. The Balaban J connectivity index is 2.33. The maximum absolute atomic E-state index is 12.7. The van der Waals surface area contributed by atoms with Crippen molar-refractivity contribution >= 4 is 11.9 Å². The Morgan fingerprint density at radius 1 is 1.25 bits per heavy atom. The van der Waals surface area contributed by atoms with Crippen LogP contribution in [0.15, 0.2) is 34.7 Å². The van der Waals surface area contributed by atoms with Crippen molar-refractivity contribution in [1.29, 1.82) is 0 Å². The second kappa shape index (κ2) is 7.79. The minimum Gasteiger partial charge on any atom is -0.480 e. The molecule has 0 saturated carbocycles. The molecule has 2 N–H and O–H groups in total. The van der Waals surface area contributed by atoms with E-state index in [2.05, 4.69) is 5.32 Å². The van der Waals surface area contributed by atoms with Crippen LogP contribution in [0.2, 0.25) is 0 Å². The van der Waals surface area contributed by atoms with Gasteiger partial charge < -0.3 is 19.6 Å². The molecule has 0 aliphatic rings. The molecule has 6 nitrogen and oxygen atoms in total. The Morgan fingerprint density at radius 3 is 2.50 bits per heavy atom. The van der Waals surface area contributed by atoms with Crippen molar-refractivity contribution in [2.75, 3.05) is 13.7 Å². The normalized spacial score (nSPS) is 12.0. The summed E-state index contributed by atoms with van der Waals surface area (Å²) in [6, 6.07) is 8.24. The van der Waals surface area contributed by atoms with Crippen LogP contribution >= 0.6 is 0 Å². The third-order valence-electron chi connectivity index (χ3n) is 3.86. The number of ether oxygens (including phenoxy) is 1. The van der Waals surface area contributed by atoms with Crippen LogP contribution < -0.4 is 5.32 Å². The number of carbonyl (C=O) groups is 2. The number of benzene rings is 1. The van der Waals surface area contributed by atoms with Gasteiger partial charge in [0.25, 0.3) is 5.91 Å². The van der Waals surface area contributed by atoms with Crippen molar-refractivity contribution < 1.29 is 23.8 Å². The van der Waals surface area contributed by atoms with Crippen molar-refractivity contribution in [2.24, 2.45) is 0 Å². The molecule has 128 valence electrons. The highest BCUT2D eigenvalue weighted by Crippen LogP contribution is 2.30. The van der Waals surface area contributed by atoms with E-state index in [1.54, 1.807) is 13.8 Å². The van der Waals surface area contributed by atoms with Gasteiger partial charge in [-0.3, -0.25) is 4.79 Å². The van der Waals surface area contributed by atoms with Gasteiger partial charge in [-0.2, -0.15) is 0 Å². The molecule has 1 heterocycles. The van der Waals surface area contributed by atoms with E-state index in [4.69, 9.17) is 9.15 Å². The number of rotatable bonds is 7. The standard InChI is InChI=1S/C18H21NO5/c1-11-12(2)24-16(13-7-5-4-6-8-13)15(11)17(20)19-14(18(21)22)9-10-23-3/h4-8,14H,9-10H2,1-3H3,(H,19,20)(H,21,22). The fourth-order valence-electron chi connectivity index (χ4n) is 2.42. The molecular weight excluding hydrogens is 310 g/mol. The molecular formula is C18H21NO5. The number of aryl methyl sites for hydroxylation is 1. The SMILES string of the molecule is COCCC(NC(=O)c1c(-c2ccccc2)oc(C)c1C)C(=O)O. The number of aliphatic carboxylic acids is 1. The van der Waals surface area contributed by atoms with E-state index in [0.29, 0.717) is 22.6 Å².